The van der Waals surface area contributed by atoms with Crippen molar-refractivity contribution in [2.45, 2.75) is 58.5 Å². The molecule has 0 unspecified atom stereocenters. The summed E-state index contributed by atoms with van der Waals surface area (Å²) >= 11 is 0. The molecule has 1 aromatic heterocycles. The number of pyridine rings is 1. The maximum atomic E-state index is 4.82. The van der Waals surface area contributed by atoms with Crippen LogP contribution in [-0.2, 0) is 6.42 Å². The largest absolute Gasteiger partial charge is 0.382 e. The summed E-state index contributed by atoms with van der Waals surface area (Å²) in [6, 6.07) is 13.2. The van der Waals surface area contributed by atoms with Gasteiger partial charge in [-0.15, -0.1) is 0 Å². The summed E-state index contributed by atoms with van der Waals surface area (Å²) in [7, 11) is 0. The van der Waals surface area contributed by atoms with Gasteiger partial charge in [0.2, 0.25) is 0 Å². The van der Waals surface area contributed by atoms with E-state index in [2.05, 4.69) is 68.3 Å². The third-order valence-electron chi connectivity index (χ3n) is 4.85. The van der Waals surface area contributed by atoms with E-state index in [-0.39, 0.29) is 5.54 Å². The van der Waals surface area contributed by atoms with Crippen molar-refractivity contribution in [1.82, 2.24) is 4.98 Å². The second-order valence-corrected chi connectivity index (χ2v) is 7.30. The lowest BCUT2D eigenvalue weighted by atomic mass is 9.94. The minimum Gasteiger partial charge on any atom is -0.382 e. The van der Waals surface area contributed by atoms with Crippen molar-refractivity contribution >= 4 is 11.9 Å². The molecule has 1 aromatic carbocycles. The van der Waals surface area contributed by atoms with Crippen molar-refractivity contribution in [3.8, 4) is 11.3 Å². The first-order chi connectivity index (χ1) is 11.5. The summed E-state index contributed by atoms with van der Waals surface area (Å²) in [5.74, 6) is 0. The van der Waals surface area contributed by atoms with Crippen LogP contribution in [-0.4, -0.2) is 22.8 Å². The van der Waals surface area contributed by atoms with Crippen molar-refractivity contribution in [2.24, 2.45) is 4.99 Å². The molecule has 0 aliphatic carbocycles. The molecular formula is C21H27N3. The number of fused-ring (bicyclic) bond motifs is 1. The molecular weight excluding hydrogens is 294 g/mol. The van der Waals surface area contributed by atoms with E-state index in [0.717, 1.165) is 24.2 Å². The van der Waals surface area contributed by atoms with E-state index in [1.165, 1.54) is 23.2 Å². The first-order valence-corrected chi connectivity index (χ1v) is 8.89. The fraction of sp³-hybridized carbons (Fsp3) is 0.429. The number of hydrogen-bond donors (Lipinski definition) is 1. The zero-order valence-corrected chi connectivity index (χ0v) is 15.1. The highest BCUT2D eigenvalue weighted by molar-refractivity contribution is 5.82. The molecule has 3 rings (SSSR count). The Bertz CT molecular complexity index is 746. The number of aryl methyl sites for hydroxylation is 1. The van der Waals surface area contributed by atoms with Gasteiger partial charge in [0.25, 0.3) is 0 Å². The molecule has 2 heterocycles. The van der Waals surface area contributed by atoms with Crippen LogP contribution in [0.4, 0.5) is 5.69 Å². The fourth-order valence-electron chi connectivity index (χ4n) is 2.89. The Labute approximate surface area is 145 Å². The van der Waals surface area contributed by atoms with Crippen LogP contribution in [0.1, 0.15) is 51.8 Å². The number of para-hydroxylation sites is 1. The van der Waals surface area contributed by atoms with Gasteiger partial charge in [0.05, 0.1) is 16.9 Å². The molecule has 1 aliphatic rings. The summed E-state index contributed by atoms with van der Waals surface area (Å²) in [5, 5.41) is 3.64. The summed E-state index contributed by atoms with van der Waals surface area (Å²) in [4.78, 5) is 9.50. The average molecular weight is 321 g/mol. The normalized spacial score (nSPS) is 17.6. The summed E-state index contributed by atoms with van der Waals surface area (Å²) in [5.41, 5.74) is 5.69. The second kappa shape index (κ2) is 6.76. The number of benzene rings is 1. The lowest BCUT2D eigenvalue weighted by Crippen LogP contribution is -2.22. The van der Waals surface area contributed by atoms with Crippen LogP contribution in [0.15, 0.2) is 41.4 Å². The standard InChI is InChI=1S/C21H27N3/c1-5-21(3,4)22-14-17-9-7-11-19(24-17)18-10-6-8-16-13-12-15(2)23-20(16)18/h6-11,14-15,23H,5,12-13H2,1-4H3/t15-/m1/s1. The number of nitrogens with zero attached hydrogens (tertiary/aromatic N) is 2. The zero-order valence-electron chi connectivity index (χ0n) is 15.1. The van der Waals surface area contributed by atoms with Gasteiger partial charge in [-0.3, -0.25) is 4.99 Å². The third-order valence-corrected chi connectivity index (χ3v) is 4.85. The number of nitrogens with one attached hydrogen (secondary N) is 1. The van der Waals surface area contributed by atoms with Crippen molar-refractivity contribution in [3.63, 3.8) is 0 Å². The quantitative estimate of drug-likeness (QED) is 0.795. The van der Waals surface area contributed by atoms with Gasteiger partial charge in [-0.1, -0.05) is 31.2 Å². The molecule has 1 atom stereocenters. The van der Waals surface area contributed by atoms with Gasteiger partial charge in [0.15, 0.2) is 0 Å². The molecule has 0 saturated carbocycles. The van der Waals surface area contributed by atoms with Gasteiger partial charge in [-0.25, -0.2) is 4.98 Å². The fourth-order valence-corrected chi connectivity index (χ4v) is 2.89. The Hall–Kier alpha value is -2.16. The Morgan fingerprint density at radius 3 is 2.83 bits per heavy atom. The summed E-state index contributed by atoms with van der Waals surface area (Å²) in [6.45, 7) is 8.69. The minimum absolute atomic E-state index is 0.0411. The van der Waals surface area contributed by atoms with Crippen molar-refractivity contribution in [2.75, 3.05) is 5.32 Å². The second-order valence-electron chi connectivity index (χ2n) is 7.30. The maximum Gasteiger partial charge on any atom is 0.0815 e. The van der Waals surface area contributed by atoms with Gasteiger partial charge in [-0.05, 0) is 57.7 Å². The first-order valence-electron chi connectivity index (χ1n) is 8.89. The number of rotatable bonds is 4. The van der Waals surface area contributed by atoms with E-state index >= 15 is 0 Å². The lowest BCUT2D eigenvalue weighted by Gasteiger charge is -2.26. The van der Waals surface area contributed by atoms with Crippen LogP contribution in [0, 0.1) is 0 Å². The molecule has 2 aromatic rings. The highest BCUT2D eigenvalue weighted by Crippen LogP contribution is 2.34. The van der Waals surface area contributed by atoms with Gasteiger partial charge >= 0.3 is 0 Å². The molecule has 24 heavy (non-hydrogen) atoms. The number of aliphatic imine (C=N–C) groups is 1. The lowest BCUT2D eigenvalue weighted by molar-refractivity contribution is 0.507. The summed E-state index contributed by atoms with van der Waals surface area (Å²) in [6.07, 6.45) is 5.22. The van der Waals surface area contributed by atoms with Gasteiger partial charge in [0, 0.05) is 23.5 Å². The van der Waals surface area contributed by atoms with E-state index in [1.54, 1.807) is 0 Å². The van der Waals surface area contributed by atoms with Gasteiger partial charge in [0.1, 0.15) is 0 Å². The average Bonchev–Trinajstić information content (AvgIpc) is 2.60. The van der Waals surface area contributed by atoms with Crippen molar-refractivity contribution in [3.05, 3.63) is 47.7 Å². The van der Waals surface area contributed by atoms with E-state index in [1.807, 2.05) is 12.3 Å². The number of aromatic nitrogens is 1. The monoisotopic (exact) mass is 321 g/mol. The van der Waals surface area contributed by atoms with Gasteiger partial charge < -0.3 is 5.32 Å². The van der Waals surface area contributed by atoms with Crippen molar-refractivity contribution in [1.29, 1.82) is 0 Å². The number of anilines is 1. The van der Waals surface area contributed by atoms with Crippen LogP contribution in [0.25, 0.3) is 11.3 Å². The maximum absolute atomic E-state index is 4.82. The van der Waals surface area contributed by atoms with E-state index in [9.17, 15) is 0 Å². The molecule has 0 radical (unpaired) electrons. The molecule has 1 N–H and O–H groups in total. The molecule has 0 saturated heterocycles. The smallest absolute Gasteiger partial charge is 0.0815 e. The Morgan fingerprint density at radius 1 is 1.25 bits per heavy atom. The van der Waals surface area contributed by atoms with Crippen LogP contribution in [0.3, 0.4) is 0 Å². The third kappa shape index (κ3) is 3.66. The minimum atomic E-state index is -0.0411. The predicted molar refractivity (Wildman–Crippen MR) is 103 cm³/mol. The highest BCUT2D eigenvalue weighted by Gasteiger charge is 2.18. The SMILES string of the molecule is CCC(C)(C)N=Cc1cccc(-c2cccc3c2N[C@H](C)CC3)n1. The molecule has 126 valence electrons. The van der Waals surface area contributed by atoms with E-state index < -0.39 is 0 Å². The first kappa shape index (κ1) is 16.7. The molecule has 3 heteroatoms. The Kier molecular flexibility index (Phi) is 4.70. The summed E-state index contributed by atoms with van der Waals surface area (Å²) < 4.78 is 0. The van der Waals surface area contributed by atoms with E-state index in [4.69, 9.17) is 4.98 Å². The molecule has 0 spiro atoms. The molecule has 0 bridgehead atoms. The Morgan fingerprint density at radius 2 is 2.04 bits per heavy atom. The van der Waals surface area contributed by atoms with Gasteiger partial charge in [-0.2, -0.15) is 0 Å². The zero-order chi connectivity index (χ0) is 17.2. The van der Waals surface area contributed by atoms with Crippen LogP contribution < -0.4 is 5.32 Å². The van der Waals surface area contributed by atoms with Crippen LogP contribution in [0.2, 0.25) is 0 Å². The van der Waals surface area contributed by atoms with Crippen LogP contribution >= 0.6 is 0 Å². The molecule has 0 fully saturated rings. The van der Waals surface area contributed by atoms with E-state index in [0.29, 0.717) is 6.04 Å². The molecule has 0 amide bonds. The molecule has 1 aliphatic heterocycles. The van der Waals surface area contributed by atoms with Crippen molar-refractivity contribution < 1.29 is 0 Å². The number of hydrogen-bond acceptors (Lipinski definition) is 3. The highest BCUT2D eigenvalue weighted by atomic mass is 14.9. The predicted octanol–water partition coefficient (Wildman–Crippen LogP) is 5.10. The Balaban J connectivity index is 1.96. The topological polar surface area (TPSA) is 37.3 Å². The molecule has 3 nitrogen and oxygen atoms in total. The van der Waals surface area contributed by atoms with Crippen LogP contribution in [0.5, 0.6) is 0 Å².